The Kier molecular flexibility index (Phi) is 3.40. The highest BCUT2D eigenvalue weighted by Gasteiger charge is 2.33. The number of hydrogen-bond donors (Lipinski definition) is 1. The second-order valence-corrected chi connectivity index (χ2v) is 3.44. The summed E-state index contributed by atoms with van der Waals surface area (Å²) in [7, 11) is 0. The molecule has 2 rings (SSSR count). The summed E-state index contributed by atoms with van der Waals surface area (Å²) in [4.78, 5) is 11.4. The molecular weight excluding hydrogens is 245 g/mol. The van der Waals surface area contributed by atoms with Crippen LogP contribution in [0, 0.1) is 0 Å². The minimum absolute atomic E-state index is 0.0611. The van der Waals surface area contributed by atoms with Crippen LogP contribution in [-0.2, 0) is 12.7 Å². The zero-order chi connectivity index (χ0) is 13.0. The van der Waals surface area contributed by atoms with E-state index in [0.29, 0.717) is 5.82 Å². The largest absolute Gasteiger partial charge is 0.418 e. The Morgan fingerprint density at radius 1 is 1.11 bits per heavy atom. The molecule has 0 atom stereocenters. The monoisotopic (exact) mass is 254 g/mol. The highest BCUT2D eigenvalue weighted by Crippen LogP contribution is 2.31. The molecule has 2 aromatic rings. The van der Waals surface area contributed by atoms with Crippen LogP contribution in [0.3, 0.4) is 0 Å². The zero-order valence-electron chi connectivity index (χ0n) is 9.15. The Morgan fingerprint density at radius 2 is 1.94 bits per heavy atom. The topological polar surface area (TPSA) is 50.7 Å². The molecule has 0 bridgehead atoms. The fourth-order valence-corrected chi connectivity index (χ4v) is 1.40. The molecule has 0 fully saturated rings. The molecule has 0 radical (unpaired) electrons. The van der Waals surface area contributed by atoms with Crippen molar-refractivity contribution >= 4 is 5.82 Å². The Hall–Kier alpha value is -2.18. The van der Waals surface area contributed by atoms with E-state index in [9.17, 15) is 13.2 Å². The molecule has 7 heteroatoms. The lowest BCUT2D eigenvalue weighted by Gasteiger charge is -2.12. The number of nitrogens with zero attached hydrogens (tertiary/aromatic N) is 3. The van der Waals surface area contributed by atoms with Crippen LogP contribution < -0.4 is 5.32 Å². The SMILES string of the molecule is FC(F)(F)c1cccnc1CNc1cnccn1. The zero-order valence-corrected chi connectivity index (χ0v) is 9.15. The maximum Gasteiger partial charge on any atom is 0.418 e. The average molecular weight is 254 g/mol. The van der Waals surface area contributed by atoms with Crippen LogP contribution in [0.1, 0.15) is 11.3 Å². The molecule has 0 amide bonds. The molecular formula is C11H9F3N4. The molecule has 0 saturated carbocycles. The number of rotatable bonds is 3. The molecule has 2 aromatic heterocycles. The number of anilines is 1. The number of nitrogens with one attached hydrogen (secondary N) is 1. The minimum Gasteiger partial charge on any atom is -0.363 e. The van der Waals surface area contributed by atoms with E-state index in [1.165, 1.54) is 30.9 Å². The van der Waals surface area contributed by atoms with Crippen LogP contribution in [0.15, 0.2) is 36.9 Å². The van der Waals surface area contributed by atoms with Crippen molar-refractivity contribution in [2.24, 2.45) is 0 Å². The van der Waals surface area contributed by atoms with Gasteiger partial charge in [0.15, 0.2) is 0 Å². The standard InChI is InChI=1S/C11H9F3N4/c12-11(13,14)8-2-1-3-16-9(8)6-18-10-7-15-4-5-17-10/h1-5,7H,6H2,(H,17,18). The van der Waals surface area contributed by atoms with Gasteiger partial charge in [0, 0.05) is 18.6 Å². The van der Waals surface area contributed by atoms with E-state index in [1.54, 1.807) is 0 Å². The molecule has 0 spiro atoms. The smallest absolute Gasteiger partial charge is 0.363 e. The first kappa shape index (κ1) is 12.3. The van der Waals surface area contributed by atoms with Crippen LogP contribution >= 0.6 is 0 Å². The van der Waals surface area contributed by atoms with Gasteiger partial charge in [-0.05, 0) is 12.1 Å². The lowest BCUT2D eigenvalue weighted by atomic mass is 10.2. The van der Waals surface area contributed by atoms with Crippen molar-refractivity contribution in [3.63, 3.8) is 0 Å². The van der Waals surface area contributed by atoms with Crippen LogP contribution in [-0.4, -0.2) is 15.0 Å². The molecule has 4 nitrogen and oxygen atoms in total. The number of aromatic nitrogens is 3. The van der Waals surface area contributed by atoms with Crippen molar-refractivity contribution in [2.45, 2.75) is 12.7 Å². The number of hydrogen-bond acceptors (Lipinski definition) is 4. The Morgan fingerprint density at radius 3 is 2.61 bits per heavy atom. The third-order valence-corrected chi connectivity index (χ3v) is 2.20. The van der Waals surface area contributed by atoms with Crippen molar-refractivity contribution in [3.8, 4) is 0 Å². The van der Waals surface area contributed by atoms with Crippen LogP contribution in [0.2, 0.25) is 0 Å². The third-order valence-electron chi connectivity index (χ3n) is 2.20. The van der Waals surface area contributed by atoms with Gasteiger partial charge in [0.05, 0.1) is 24.0 Å². The van der Waals surface area contributed by atoms with Crippen molar-refractivity contribution < 1.29 is 13.2 Å². The molecule has 0 unspecified atom stereocenters. The Labute approximate surface area is 101 Å². The van der Waals surface area contributed by atoms with Gasteiger partial charge in [-0.1, -0.05) is 0 Å². The summed E-state index contributed by atoms with van der Waals surface area (Å²) in [6.07, 6.45) is 1.27. The van der Waals surface area contributed by atoms with E-state index in [2.05, 4.69) is 20.3 Å². The van der Waals surface area contributed by atoms with Gasteiger partial charge in [0.2, 0.25) is 0 Å². The fraction of sp³-hybridized carbons (Fsp3) is 0.182. The van der Waals surface area contributed by atoms with Gasteiger partial charge in [-0.25, -0.2) is 4.98 Å². The molecule has 0 saturated heterocycles. The molecule has 0 aliphatic heterocycles. The second-order valence-electron chi connectivity index (χ2n) is 3.44. The van der Waals surface area contributed by atoms with E-state index in [-0.39, 0.29) is 12.2 Å². The minimum atomic E-state index is -4.41. The quantitative estimate of drug-likeness (QED) is 0.914. The maximum atomic E-state index is 12.7. The fourth-order valence-electron chi connectivity index (χ4n) is 1.40. The molecule has 1 N–H and O–H groups in total. The van der Waals surface area contributed by atoms with Crippen LogP contribution in [0.4, 0.5) is 19.0 Å². The average Bonchev–Trinajstić information content (AvgIpc) is 2.37. The summed E-state index contributed by atoms with van der Waals surface area (Å²) in [6.45, 7) is -0.0611. The number of pyridine rings is 1. The molecule has 18 heavy (non-hydrogen) atoms. The molecule has 0 aliphatic rings. The van der Waals surface area contributed by atoms with Crippen LogP contribution in [0.25, 0.3) is 0 Å². The van der Waals surface area contributed by atoms with Crippen LogP contribution in [0.5, 0.6) is 0 Å². The summed E-state index contributed by atoms with van der Waals surface area (Å²) in [5.41, 5.74) is -0.822. The van der Waals surface area contributed by atoms with Gasteiger partial charge in [-0.15, -0.1) is 0 Å². The number of halogens is 3. The lowest BCUT2D eigenvalue weighted by molar-refractivity contribution is -0.138. The van der Waals surface area contributed by atoms with Gasteiger partial charge in [0.1, 0.15) is 5.82 Å². The molecule has 0 aromatic carbocycles. The van der Waals surface area contributed by atoms with Gasteiger partial charge in [-0.3, -0.25) is 9.97 Å². The van der Waals surface area contributed by atoms with Gasteiger partial charge in [-0.2, -0.15) is 13.2 Å². The Bertz CT molecular complexity index is 513. The summed E-state index contributed by atoms with van der Waals surface area (Å²) >= 11 is 0. The summed E-state index contributed by atoms with van der Waals surface area (Å²) < 4.78 is 38.0. The van der Waals surface area contributed by atoms with Crippen molar-refractivity contribution in [1.29, 1.82) is 0 Å². The third kappa shape index (κ3) is 2.93. The van der Waals surface area contributed by atoms with E-state index in [0.717, 1.165) is 6.07 Å². The summed E-state index contributed by atoms with van der Waals surface area (Å²) in [5.74, 6) is 0.399. The highest BCUT2D eigenvalue weighted by molar-refractivity contribution is 5.33. The molecule has 2 heterocycles. The summed E-state index contributed by atoms with van der Waals surface area (Å²) in [6, 6.07) is 2.26. The van der Waals surface area contributed by atoms with Gasteiger partial charge in [0.25, 0.3) is 0 Å². The first-order valence-electron chi connectivity index (χ1n) is 5.08. The van der Waals surface area contributed by atoms with E-state index in [1.807, 2.05) is 0 Å². The van der Waals surface area contributed by atoms with Crippen molar-refractivity contribution in [3.05, 3.63) is 48.2 Å². The number of alkyl halides is 3. The highest BCUT2D eigenvalue weighted by atomic mass is 19.4. The first-order chi connectivity index (χ1) is 8.57. The second kappa shape index (κ2) is 4.99. The van der Waals surface area contributed by atoms with E-state index in [4.69, 9.17) is 0 Å². The summed E-state index contributed by atoms with van der Waals surface area (Å²) in [5, 5.41) is 2.74. The first-order valence-corrected chi connectivity index (χ1v) is 5.08. The van der Waals surface area contributed by atoms with Gasteiger partial charge < -0.3 is 5.32 Å². The predicted octanol–water partition coefficient (Wildman–Crippen LogP) is 2.50. The predicted molar refractivity (Wildman–Crippen MR) is 58.6 cm³/mol. The molecule has 94 valence electrons. The van der Waals surface area contributed by atoms with E-state index < -0.39 is 11.7 Å². The Balaban J connectivity index is 2.15. The molecule has 0 aliphatic carbocycles. The van der Waals surface area contributed by atoms with Crippen molar-refractivity contribution in [2.75, 3.05) is 5.32 Å². The van der Waals surface area contributed by atoms with E-state index >= 15 is 0 Å². The van der Waals surface area contributed by atoms with Crippen molar-refractivity contribution in [1.82, 2.24) is 15.0 Å². The van der Waals surface area contributed by atoms with Gasteiger partial charge >= 0.3 is 6.18 Å². The normalized spacial score (nSPS) is 11.3. The maximum absolute atomic E-state index is 12.7. The lowest BCUT2D eigenvalue weighted by Crippen LogP contribution is -2.13.